The van der Waals surface area contributed by atoms with Gasteiger partial charge < -0.3 is 5.73 Å². The maximum atomic E-state index is 12.7. The van der Waals surface area contributed by atoms with Gasteiger partial charge in [0.15, 0.2) is 0 Å². The Labute approximate surface area is 119 Å². The Morgan fingerprint density at radius 1 is 1.30 bits per heavy atom. The number of imide groups is 1. The maximum absolute atomic E-state index is 12.7. The predicted octanol–water partition coefficient (Wildman–Crippen LogP) is 1.51. The van der Waals surface area contributed by atoms with Crippen LogP contribution in [0.15, 0.2) is 43.0 Å². The Morgan fingerprint density at radius 2 is 1.90 bits per heavy atom. The monoisotopic (exact) mass is 272 g/mol. The third-order valence-corrected chi connectivity index (χ3v) is 4.26. The number of rotatable bonds is 3. The summed E-state index contributed by atoms with van der Waals surface area (Å²) in [7, 11) is 0. The molecule has 0 aliphatic carbocycles. The number of nitrogens with one attached hydrogen (secondary N) is 1. The number of hydrogen-bond acceptors (Lipinski definition) is 3. The van der Waals surface area contributed by atoms with Crippen molar-refractivity contribution in [3.05, 3.63) is 48.6 Å². The molecule has 0 radical (unpaired) electrons. The van der Waals surface area contributed by atoms with E-state index in [0.717, 1.165) is 5.56 Å². The molecule has 1 heterocycles. The molecule has 0 aromatic heterocycles. The third-order valence-electron chi connectivity index (χ3n) is 4.26. The van der Waals surface area contributed by atoms with Crippen LogP contribution in [-0.4, -0.2) is 17.9 Å². The molecular weight excluding hydrogens is 252 g/mol. The number of amides is 2. The molecule has 2 atom stereocenters. The van der Waals surface area contributed by atoms with Gasteiger partial charge in [-0.3, -0.25) is 14.9 Å². The van der Waals surface area contributed by atoms with Gasteiger partial charge in [0.1, 0.15) is 0 Å². The minimum atomic E-state index is -0.996. The zero-order valence-electron chi connectivity index (χ0n) is 11.8. The number of hydrogen-bond donors (Lipinski definition) is 2. The molecule has 4 heteroatoms. The SMILES string of the molecule is C=CC(N)C1(c2ccccc2)C(=O)NC(=O)CC1(C)C. The van der Waals surface area contributed by atoms with E-state index < -0.39 is 16.9 Å². The number of carbonyl (C=O) groups is 2. The summed E-state index contributed by atoms with van der Waals surface area (Å²) in [6.07, 6.45) is 1.82. The van der Waals surface area contributed by atoms with Gasteiger partial charge in [-0.25, -0.2) is 0 Å². The Morgan fingerprint density at radius 3 is 2.40 bits per heavy atom. The first-order valence-corrected chi connectivity index (χ1v) is 6.64. The van der Waals surface area contributed by atoms with E-state index in [-0.39, 0.29) is 18.2 Å². The second-order valence-electron chi connectivity index (χ2n) is 5.87. The van der Waals surface area contributed by atoms with E-state index in [1.165, 1.54) is 0 Å². The quantitative estimate of drug-likeness (QED) is 0.647. The van der Waals surface area contributed by atoms with Crippen molar-refractivity contribution in [3.63, 3.8) is 0 Å². The van der Waals surface area contributed by atoms with E-state index in [1.54, 1.807) is 6.08 Å². The summed E-state index contributed by atoms with van der Waals surface area (Å²) < 4.78 is 0. The first-order valence-electron chi connectivity index (χ1n) is 6.64. The highest BCUT2D eigenvalue weighted by atomic mass is 16.2. The van der Waals surface area contributed by atoms with Crippen molar-refractivity contribution in [3.8, 4) is 0 Å². The summed E-state index contributed by atoms with van der Waals surface area (Å²) in [6.45, 7) is 7.54. The second-order valence-corrected chi connectivity index (χ2v) is 5.87. The topological polar surface area (TPSA) is 72.2 Å². The van der Waals surface area contributed by atoms with E-state index in [2.05, 4.69) is 11.9 Å². The van der Waals surface area contributed by atoms with Crippen LogP contribution in [0, 0.1) is 5.41 Å². The number of piperidine rings is 1. The zero-order valence-corrected chi connectivity index (χ0v) is 11.8. The third kappa shape index (κ3) is 1.88. The van der Waals surface area contributed by atoms with E-state index in [4.69, 9.17) is 5.73 Å². The lowest BCUT2D eigenvalue weighted by Crippen LogP contribution is -2.67. The van der Waals surface area contributed by atoms with Gasteiger partial charge in [0.05, 0.1) is 5.41 Å². The molecule has 0 bridgehead atoms. The second kappa shape index (κ2) is 4.87. The Hall–Kier alpha value is -1.94. The van der Waals surface area contributed by atoms with Gasteiger partial charge in [-0.1, -0.05) is 50.3 Å². The number of nitrogens with two attached hydrogens (primary N) is 1. The van der Waals surface area contributed by atoms with Crippen LogP contribution in [0.1, 0.15) is 25.8 Å². The van der Waals surface area contributed by atoms with Crippen molar-refractivity contribution in [1.29, 1.82) is 0 Å². The molecule has 1 saturated heterocycles. The van der Waals surface area contributed by atoms with Gasteiger partial charge in [-0.15, -0.1) is 6.58 Å². The summed E-state index contributed by atoms with van der Waals surface area (Å²) in [5.74, 6) is -0.611. The maximum Gasteiger partial charge on any atom is 0.239 e. The lowest BCUT2D eigenvalue weighted by molar-refractivity contribution is -0.145. The fraction of sp³-hybridized carbons (Fsp3) is 0.375. The molecular formula is C16H20N2O2. The van der Waals surface area contributed by atoms with Crippen LogP contribution in [0.3, 0.4) is 0 Å². The average Bonchev–Trinajstić information content (AvgIpc) is 2.38. The molecule has 4 nitrogen and oxygen atoms in total. The van der Waals surface area contributed by atoms with Crippen LogP contribution in [0.5, 0.6) is 0 Å². The molecule has 1 aromatic rings. The van der Waals surface area contributed by atoms with Crippen LogP contribution < -0.4 is 11.1 Å². The van der Waals surface area contributed by atoms with Crippen molar-refractivity contribution in [1.82, 2.24) is 5.32 Å². The molecule has 1 aliphatic heterocycles. The number of carbonyl (C=O) groups excluding carboxylic acids is 2. The minimum Gasteiger partial charge on any atom is -0.323 e. The lowest BCUT2D eigenvalue weighted by atomic mass is 9.54. The molecule has 106 valence electrons. The lowest BCUT2D eigenvalue weighted by Gasteiger charge is -2.50. The Kier molecular flexibility index (Phi) is 3.52. The van der Waals surface area contributed by atoms with E-state index >= 15 is 0 Å². The zero-order chi connectivity index (χ0) is 15.0. The first-order chi connectivity index (χ1) is 9.36. The van der Waals surface area contributed by atoms with Gasteiger partial charge in [0.2, 0.25) is 11.8 Å². The van der Waals surface area contributed by atoms with Gasteiger partial charge in [0.25, 0.3) is 0 Å². The normalized spacial score (nSPS) is 26.8. The van der Waals surface area contributed by atoms with Gasteiger partial charge >= 0.3 is 0 Å². The molecule has 1 fully saturated rings. The smallest absolute Gasteiger partial charge is 0.239 e. The van der Waals surface area contributed by atoms with Gasteiger partial charge in [-0.2, -0.15) is 0 Å². The molecule has 2 rings (SSSR count). The highest BCUT2D eigenvalue weighted by Gasteiger charge is 2.58. The van der Waals surface area contributed by atoms with Crippen LogP contribution in [0.4, 0.5) is 0 Å². The van der Waals surface area contributed by atoms with Crippen LogP contribution in [0.2, 0.25) is 0 Å². The van der Waals surface area contributed by atoms with Crippen molar-refractivity contribution in [2.45, 2.75) is 31.7 Å². The summed E-state index contributed by atoms with van der Waals surface area (Å²) >= 11 is 0. The Bertz CT molecular complexity index is 551. The van der Waals surface area contributed by atoms with Crippen molar-refractivity contribution < 1.29 is 9.59 Å². The fourth-order valence-corrected chi connectivity index (χ4v) is 3.31. The molecule has 1 aromatic carbocycles. The van der Waals surface area contributed by atoms with Crippen molar-refractivity contribution >= 4 is 11.8 Å². The molecule has 3 N–H and O–H groups in total. The highest BCUT2D eigenvalue weighted by molar-refractivity contribution is 6.05. The molecule has 20 heavy (non-hydrogen) atoms. The molecule has 2 unspecified atom stereocenters. The molecule has 0 saturated carbocycles. The summed E-state index contributed by atoms with van der Waals surface area (Å²) in [6, 6.07) is 8.79. The first kappa shape index (κ1) is 14.5. The largest absolute Gasteiger partial charge is 0.323 e. The molecule has 1 aliphatic rings. The summed E-state index contributed by atoms with van der Waals surface area (Å²) in [5.41, 5.74) is 5.45. The van der Waals surface area contributed by atoms with E-state index in [9.17, 15) is 9.59 Å². The fourth-order valence-electron chi connectivity index (χ4n) is 3.31. The average molecular weight is 272 g/mol. The summed E-state index contributed by atoms with van der Waals surface area (Å²) in [4.78, 5) is 24.4. The Balaban J connectivity index is 2.72. The van der Waals surface area contributed by atoms with Gasteiger partial charge in [0, 0.05) is 12.5 Å². The van der Waals surface area contributed by atoms with E-state index in [1.807, 2.05) is 44.2 Å². The highest BCUT2D eigenvalue weighted by Crippen LogP contribution is 2.48. The van der Waals surface area contributed by atoms with Crippen LogP contribution >= 0.6 is 0 Å². The van der Waals surface area contributed by atoms with Gasteiger partial charge in [-0.05, 0) is 11.0 Å². The standard InChI is InChI=1S/C16H20N2O2/c1-4-12(17)16(11-8-6-5-7-9-11)14(20)18-13(19)10-15(16,2)3/h4-9,12H,1,10,17H2,2-3H3,(H,18,19,20). The number of benzene rings is 1. The molecule has 0 spiro atoms. The predicted molar refractivity (Wildman–Crippen MR) is 77.8 cm³/mol. The van der Waals surface area contributed by atoms with Crippen LogP contribution in [-0.2, 0) is 15.0 Å². The summed E-state index contributed by atoms with van der Waals surface area (Å²) in [5, 5.41) is 2.43. The van der Waals surface area contributed by atoms with Crippen molar-refractivity contribution in [2.75, 3.05) is 0 Å². The van der Waals surface area contributed by atoms with E-state index in [0.29, 0.717) is 0 Å². The molecule has 2 amide bonds. The minimum absolute atomic E-state index is 0.245. The van der Waals surface area contributed by atoms with Crippen molar-refractivity contribution in [2.24, 2.45) is 11.1 Å². The van der Waals surface area contributed by atoms with Crippen LogP contribution in [0.25, 0.3) is 0 Å².